The van der Waals surface area contributed by atoms with E-state index < -0.39 is 60.5 Å². The van der Waals surface area contributed by atoms with E-state index in [2.05, 4.69) is 0 Å². The SMILES string of the molecule is O=C(OCC1OC(OCCc2ccccc2)C(O)C(O)C1O)c1cc(O)c(O)c(O)c1. The predicted molar refractivity (Wildman–Crippen MR) is 104 cm³/mol. The van der Waals surface area contributed by atoms with Gasteiger partial charge in [0.25, 0.3) is 0 Å². The first-order valence-electron chi connectivity index (χ1n) is 9.55. The molecular weight excluding hydrogens is 412 g/mol. The van der Waals surface area contributed by atoms with E-state index in [4.69, 9.17) is 14.2 Å². The van der Waals surface area contributed by atoms with Crippen molar-refractivity contribution in [3.63, 3.8) is 0 Å². The summed E-state index contributed by atoms with van der Waals surface area (Å²) in [7, 11) is 0. The van der Waals surface area contributed by atoms with Crippen molar-refractivity contribution >= 4 is 5.97 Å². The molecule has 1 fully saturated rings. The maximum atomic E-state index is 12.2. The number of phenolic OH excluding ortho intramolecular Hbond substituents is 3. The lowest BCUT2D eigenvalue weighted by Crippen LogP contribution is -2.59. The Morgan fingerprint density at radius 2 is 1.58 bits per heavy atom. The first-order chi connectivity index (χ1) is 14.8. The minimum absolute atomic E-state index is 0.174. The van der Waals surface area contributed by atoms with Crippen LogP contribution in [0.25, 0.3) is 0 Å². The number of hydrogen-bond donors (Lipinski definition) is 6. The van der Waals surface area contributed by atoms with E-state index in [1.165, 1.54) is 0 Å². The van der Waals surface area contributed by atoms with Gasteiger partial charge in [0.1, 0.15) is 31.0 Å². The lowest BCUT2D eigenvalue weighted by molar-refractivity contribution is -0.300. The lowest BCUT2D eigenvalue weighted by Gasteiger charge is -2.39. The van der Waals surface area contributed by atoms with Crippen molar-refractivity contribution in [3.05, 3.63) is 53.6 Å². The summed E-state index contributed by atoms with van der Waals surface area (Å²) in [5.74, 6) is -3.20. The number of esters is 1. The molecule has 0 spiro atoms. The van der Waals surface area contributed by atoms with Crippen LogP contribution in [-0.2, 0) is 20.6 Å². The molecule has 5 unspecified atom stereocenters. The highest BCUT2D eigenvalue weighted by Crippen LogP contribution is 2.35. The van der Waals surface area contributed by atoms with E-state index in [-0.39, 0.29) is 12.2 Å². The number of benzene rings is 2. The largest absolute Gasteiger partial charge is 0.504 e. The van der Waals surface area contributed by atoms with Crippen LogP contribution in [-0.4, -0.2) is 80.5 Å². The quantitative estimate of drug-likeness (QED) is 0.257. The molecule has 3 rings (SSSR count). The molecule has 31 heavy (non-hydrogen) atoms. The van der Waals surface area contributed by atoms with Gasteiger partial charge in [-0.25, -0.2) is 4.79 Å². The number of aliphatic hydroxyl groups excluding tert-OH is 3. The standard InChI is InChI=1S/C21H24O10/c22-13-8-12(9-14(23)16(13)24)20(28)30-10-15-17(25)18(26)19(27)21(31-15)29-7-6-11-4-2-1-3-5-11/h1-5,8-9,15,17-19,21-27H,6-7,10H2. The fourth-order valence-electron chi connectivity index (χ4n) is 3.09. The summed E-state index contributed by atoms with van der Waals surface area (Å²) in [4.78, 5) is 12.2. The molecule has 6 N–H and O–H groups in total. The molecule has 0 bridgehead atoms. The number of aromatic hydroxyl groups is 3. The van der Waals surface area contributed by atoms with Gasteiger partial charge in [0.05, 0.1) is 12.2 Å². The average molecular weight is 436 g/mol. The molecule has 10 nitrogen and oxygen atoms in total. The van der Waals surface area contributed by atoms with Crippen molar-refractivity contribution < 1.29 is 49.6 Å². The molecule has 2 aromatic carbocycles. The van der Waals surface area contributed by atoms with E-state index >= 15 is 0 Å². The Labute approximate surface area is 177 Å². The van der Waals surface area contributed by atoms with Gasteiger partial charge in [-0.15, -0.1) is 0 Å². The van der Waals surface area contributed by atoms with Gasteiger partial charge in [-0.1, -0.05) is 30.3 Å². The normalized spacial score (nSPS) is 25.8. The molecule has 0 radical (unpaired) electrons. The number of ether oxygens (including phenoxy) is 3. The minimum Gasteiger partial charge on any atom is -0.504 e. The molecule has 10 heteroatoms. The highest BCUT2D eigenvalue weighted by Gasteiger charge is 2.44. The number of rotatable bonds is 7. The molecule has 1 aliphatic rings. The molecular formula is C21H24O10. The fraction of sp³-hybridized carbons (Fsp3) is 0.381. The summed E-state index contributed by atoms with van der Waals surface area (Å²) in [6.45, 7) is -0.335. The molecule has 0 amide bonds. The van der Waals surface area contributed by atoms with Gasteiger partial charge < -0.3 is 44.8 Å². The third kappa shape index (κ3) is 5.43. The first kappa shape index (κ1) is 22.8. The van der Waals surface area contributed by atoms with Crippen molar-refractivity contribution in [2.75, 3.05) is 13.2 Å². The smallest absolute Gasteiger partial charge is 0.338 e. The topological polar surface area (TPSA) is 166 Å². The van der Waals surface area contributed by atoms with Gasteiger partial charge in [-0.3, -0.25) is 0 Å². The van der Waals surface area contributed by atoms with Crippen LogP contribution in [0.15, 0.2) is 42.5 Å². The van der Waals surface area contributed by atoms with E-state index in [1.54, 1.807) is 0 Å². The lowest BCUT2D eigenvalue weighted by atomic mass is 9.99. The second kappa shape index (κ2) is 9.94. The highest BCUT2D eigenvalue weighted by molar-refractivity contribution is 5.91. The Balaban J connectivity index is 1.57. The summed E-state index contributed by atoms with van der Waals surface area (Å²) in [5.41, 5.74) is 0.744. The zero-order valence-electron chi connectivity index (χ0n) is 16.4. The van der Waals surface area contributed by atoms with E-state index in [9.17, 15) is 35.4 Å². The molecule has 0 saturated carbocycles. The second-order valence-corrected chi connectivity index (χ2v) is 7.08. The van der Waals surface area contributed by atoms with Crippen LogP contribution in [0.1, 0.15) is 15.9 Å². The fourth-order valence-corrected chi connectivity index (χ4v) is 3.09. The Morgan fingerprint density at radius 1 is 0.935 bits per heavy atom. The first-order valence-corrected chi connectivity index (χ1v) is 9.55. The van der Waals surface area contributed by atoms with Crippen LogP contribution < -0.4 is 0 Å². The minimum atomic E-state index is -1.60. The zero-order chi connectivity index (χ0) is 22.5. The van der Waals surface area contributed by atoms with Crippen molar-refractivity contribution in [1.29, 1.82) is 0 Å². The van der Waals surface area contributed by atoms with E-state index in [1.807, 2.05) is 30.3 Å². The Kier molecular flexibility index (Phi) is 7.31. The molecule has 168 valence electrons. The number of hydrogen-bond acceptors (Lipinski definition) is 10. The summed E-state index contributed by atoms with van der Waals surface area (Å²) in [6, 6.07) is 11.2. The Bertz CT molecular complexity index is 864. The summed E-state index contributed by atoms with van der Waals surface area (Å²) < 4.78 is 16.0. The zero-order valence-corrected chi connectivity index (χ0v) is 16.4. The van der Waals surface area contributed by atoms with Crippen LogP contribution in [0.5, 0.6) is 17.2 Å². The molecule has 1 aliphatic heterocycles. The van der Waals surface area contributed by atoms with Crippen LogP contribution >= 0.6 is 0 Å². The third-order valence-corrected chi connectivity index (χ3v) is 4.87. The Hall–Kier alpha value is -2.89. The van der Waals surface area contributed by atoms with E-state index in [0.29, 0.717) is 6.42 Å². The maximum absolute atomic E-state index is 12.2. The van der Waals surface area contributed by atoms with Crippen LogP contribution in [0.4, 0.5) is 0 Å². The van der Waals surface area contributed by atoms with Crippen molar-refractivity contribution in [2.24, 2.45) is 0 Å². The Morgan fingerprint density at radius 3 is 2.23 bits per heavy atom. The van der Waals surface area contributed by atoms with Crippen LogP contribution in [0.2, 0.25) is 0 Å². The van der Waals surface area contributed by atoms with Crippen LogP contribution in [0, 0.1) is 0 Å². The van der Waals surface area contributed by atoms with Crippen molar-refractivity contribution in [1.82, 2.24) is 0 Å². The summed E-state index contributed by atoms with van der Waals surface area (Å²) in [5, 5.41) is 58.7. The number of phenols is 3. The van der Waals surface area contributed by atoms with E-state index in [0.717, 1.165) is 17.7 Å². The molecule has 1 heterocycles. The van der Waals surface area contributed by atoms with Gasteiger partial charge in [0.15, 0.2) is 23.5 Å². The third-order valence-electron chi connectivity index (χ3n) is 4.87. The van der Waals surface area contributed by atoms with Crippen molar-refractivity contribution in [2.45, 2.75) is 37.1 Å². The molecule has 5 atom stereocenters. The van der Waals surface area contributed by atoms with Crippen LogP contribution in [0.3, 0.4) is 0 Å². The van der Waals surface area contributed by atoms with Gasteiger partial charge in [-0.2, -0.15) is 0 Å². The maximum Gasteiger partial charge on any atom is 0.338 e. The number of aliphatic hydroxyl groups is 3. The van der Waals surface area contributed by atoms with Gasteiger partial charge >= 0.3 is 5.97 Å². The number of carbonyl (C=O) groups excluding carboxylic acids is 1. The van der Waals surface area contributed by atoms with Gasteiger partial charge in [-0.05, 0) is 24.1 Å². The van der Waals surface area contributed by atoms with Gasteiger partial charge in [0.2, 0.25) is 0 Å². The van der Waals surface area contributed by atoms with Crippen molar-refractivity contribution in [3.8, 4) is 17.2 Å². The molecule has 0 aliphatic carbocycles. The highest BCUT2D eigenvalue weighted by atomic mass is 16.7. The monoisotopic (exact) mass is 436 g/mol. The molecule has 1 saturated heterocycles. The summed E-state index contributed by atoms with van der Waals surface area (Å²) in [6.07, 6.45) is -6.60. The average Bonchev–Trinajstić information content (AvgIpc) is 2.76. The second-order valence-electron chi connectivity index (χ2n) is 7.08. The number of carbonyl (C=O) groups is 1. The van der Waals surface area contributed by atoms with Gasteiger partial charge in [0, 0.05) is 0 Å². The molecule has 0 aromatic heterocycles. The predicted octanol–water partition coefficient (Wildman–Crippen LogP) is 0.0271. The molecule has 2 aromatic rings. The summed E-state index contributed by atoms with van der Waals surface area (Å²) >= 11 is 0.